The molecule has 1 aliphatic rings. The topological polar surface area (TPSA) is 51.2 Å². The van der Waals surface area contributed by atoms with Gasteiger partial charge in [-0.05, 0) is 19.8 Å². The van der Waals surface area contributed by atoms with Crippen molar-refractivity contribution in [2.24, 2.45) is 4.99 Å². The Bertz CT molecular complexity index is 388. The minimum atomic E-state index is 0.179. The third kappa shape index (κ3) is 7.50. The molecule has 0 saturated carbocycles. The van der Waals surface area contributed by atoms with Crippen LogP contribution in [0, 0.1) is 0 Å². The molecular formula is C17H33N5O. The zero-order valence-corrected chi connectivity index (χ0v) is 15.1. The smallest absolute Gasteiger partial charge is 0.219 e. The van der Waals surface area contributed by atoms with Crippen LogP contribution in [0.25, 0.3) is 0 Å². The van der Waals surface area contributed by atoms with Gasteiger partial charge in [0.15, 0.2) is 5.96 Å². The summed E-state index contributed by atoms with van der Waals surface area (Å²) in [5.41, 5.74) is 0. The number of guanidine groups is 1. The van der Waals surface area contributed by atoms with Crippen molar-refractivity contribution < 1.29 is 4.79 Å². The first-order valence-corrected chi connectivity index (χ1v) is 8.66. The lowest BCUT2D eigenvalue weighted by Gasteiger charge is -2.33. The van der Waals surface area contributed by atoms with Gasteiger partial charge in [-0.2, -0.15) is 0 Å². The lowest BCUT2D eigenvalue weighted by Crippen LogP contribution is -2.48. The predicted octanol–water partition coefficient (Wildman–Crippen LogP) is 1.01. The Labute approximate surface area is 141 Å². The van der Waals surface area contributed by atoms with E-state index in [-0.39, 0.29) is 5.91 Å². The molecule has 0 atom stereocenters. The summed E-state index contributed by atoms with van der Waals surface area (Å²) in [7, 11) is 2.08. The summed E-state index contributed by atoms with van der Waals surface area (Å²) in [6, 6.07) is 0. The highest BCUT2D eigenvalue weighted by atomic mass is 16.2. The van der Waals surface area contributed by atoms with Crippen molar-refractivity contribution in [2.45, 2.75) is 26.7 Å². The second-order valence-electron chi connectivity index (χ2n) is 5.94. The molecule has 0 bridgehead atoms. The Hall–Kier alpha value is -1.56. The molecule has 0 aliphatic carbocycles. The number of carbonyl (C=O) groups excluding carboxylic acids is 1. The molecule has 1 saturated heterocycles. The molecule has 0 aromatic rings. The predicted molar refractivity (Wildman–Crippen MR) is 96.7 cm³/mol. The highest BCUT2D eigenvalue weighted by Gasteiger charge is 2.17. The van der Waals surface area contributed by atoms with E-state index in [0.29, 0.717) is 0 Å². The van der Waals surface area contributed by atoms with Crippen LogP contribution < -0.4 is 5.32 Å². The number of rotatable bonds is 8. The number of amides is 1. The normalized spacial score (nSPS) is 16.3. The van der Waals surface area contributed by atoms with Gasteiger partial charge in [0.1, 0.15) is 0 Å². The number of allylic oxidation sites excluding steroid dienone is 1. The number of hydrogen-bond acceptors (Lipinski definition) is 3. The molecule has 1 heterocycles. The number of carbonyl (C=O) groups is 1. The van der Waals surface area contributed by atoms with Gasteiger partial charge in [-0.15, -0.1) is 6.58 Å². The molecule has 0 spiro atoms. The van der Waals surface area contributed by atoms with Gasteiger partial charge in [-0.3, -0.25) is 14.7 Å². The molecule has 6 heteroatoms. The molecule has 1 aliphatic heterocycles. The van der Waals surface area contributed by atoms with E-state index < -0.39 is 0 Å². The van der Waals surface area contributed by atoms with Crippen LogP contribution in [0.3, 0.4) is 0 Å². The molecule has 0 aromatic heterocycles. The average molecular weight is 323 g/mol. The molecule has 1 N–H and O–H groups in total. The second kappa shape index (κ2) is 11.0. The molecule has 0 aromatic carbocycles. The summed E-state index contributed by atoms with van der Waals surface area (Å²) in [4.78, 5) is 22.5. The average Bonchev–Trinajstić information content (AvgIpc) is 2.54. The van der Waals surface area contributed by atoms with Gasteiger partial charge in [-0.25, -0.2) is 0 Å². The van der Waals surface area contributed by atoms with Crippen molar-refractivity contribution >= 4 is 11.9 Å². The van der Waals surface area contributed by atoms with Gasteiger partial charge in [-0.1, -0.05) is 6.08 Å². The van der Waals surface area contributed by atoms with Crippen molar-refractivity contribution in [3.63, 3.8) is 0 Å². The maximum absolute atomic E-state index is 11.3. The number of hydrogen-bond donors (Lipinski definition) is 1. The number of nitrogens with one attached hydrogen (secondary N) is 1. The van der Waals surface area contributed by atoms with Crippen LogP contribution in [0.15, 0.2) is 17.6 Å². The number of nitrogens with zero attached hydrogens (tertiary/aromatic N) is 4. The monoisotopic (exact) mass is 323 g/mol. The first kappa shape index (κ1) is 19.5. The Balaban J connectivity index is 2.36. The summed E-state index contributed by atoms with van der Waals surface area (Å²) in [5.74, 6) is 1.15. The van der Waals surface area contributed by atoms with E-state index in [1.807, 2.05) is 11.0 Å². The van der Waals surface area contributed by atoms with Crippen LogP contribution in [0.4, 0.5) is 0 Å². The lowest BCUT2D eigenvalue weighted by atomic mass is 10.3. The summed E-state index contributed by atoms with van der Waals surface area (Å²) < 4.78 is 0. The fraction of sp³-hybridized carbons (Fsp3) is 0.765. The van der Waals surface area contributed by atoms with Crippen LogP contribution in [0.2, 0.25) is 0 Å². The van der Waals surface area contributed by atoms with E-state index in [0.717, 1.165) is 71.2 Å². The van der Waals surface area contributed by atoms with Crippen molar-refractivity contribution in [3.05, 3.63) is 12.7 Å². The van der Waals surface area contributed by atoms with Gasteiger partial charge in [0.05, 0.1) is 6.54 Å². The maximum Gasteiger partial charge on any atom is 0.219 e. The summed E-state index contributed by atoms with van der Waals surface area (Å²) in [6.45, 7) is 14.6. The van der Waals surface area contributed by atoms with Gasteiger partial charge in [0, 0.05) is 59.8 Å². The number of piperazine rings is 1. The summed E-state index contributed by atoms with van der Waals surface area (Å²) in [6.07, 6.45) is 4.08. The van der Waals surface area contributed by atoms with Gasteiger partial charge in [0.25, 0.3) is 0 Å². The highest BCUT2D eigenvalue weighted by Crippen LogP contribution is 2.02. The first-order valence-electron chi connectivity index (χ1n) is 8.66. The van der Waals surface area contributed by atoms with Crippen LogP contribution in [-0.4, -0.2) is 86.0 Å². The molecule has 0 unspecified atom stereocenters. The Morgan fingerprint density at radius 2 is 2.04 bits per heavy atom. The van der Waals surface area contributed by atoms with Crippen molar-refractivity contribution in [1.29, 1.82) is 0 Å². The molecular weight excluding hydrogens is 290 g/mol. The molecule has 1 fully saturated rings. The van der Waals surface area contributed by atoms with E-state index in [1.165, 1.54) is 0 Å². The minimum absolute atomic E-state index is 0.179. The van der Waals surface area contributed by atoms with Gasteiger partial charge >= 0.3 is 0 Å². The summed E-state index contributed by atoms with van der Waals surface area (Å²) >= 11 is 0. The Kier molecular flexibility index (Phi) is 9.36. The Morgan fingerprint density at radius 3 is 2.61 bits per heavy atom. The van der Waals surface area contributed by atoms with Crippen LogP contribution in [-0.2, 0) is 4.79 Å². The molecule has 1 rings (SSSR count). The third-order valence-corrected chi connectivity index (χ3v) is 4.09. The van der Waals surface area contributed by atoms with E-state index in [9.17, 15) is 4.79 Å². The van der Waals surface area contributed by atoms with E-state index in [2.05, 4.69) is 35.7 Å². The third-order valence-electron chi connectivity index (χ3n) is 4.09. The van der Waals surface area contributed by atoms with Crippen LogP contribution in [0.1, 0.15) is 26.7 Å². The molecule has 23 heavy (non-hydrogen) atoms. The molecule has 6 nitrogen and oxygen atoms in total. The number of unbranched alkanes of at least 4 members (excludes halogenated alkanes) is 1. The lowest BCUT2D eigenvalue weighted by molar-refractivity contribution is -0.130. The van der Waals surface area contributed by atoms with E-state index in [4.69, 9.17) is 4.99 Å². The number of aliphatic imine (C=N–C) groups is 1. The van der Waals surface area contributed by atoms with Crippen LogP contribution in [0.5, 0.6) is 0 Å². The summed E-state index contributed by atoms with van der Waals surface area (Å²) in [5, 5.41) is 3.35. The SMILES string of the molecule is C=CCCCN(C)C(=NCCN1CCN(C(C)=O)CC1)NCC. The standard InChI is InChI=1S/C17H33N5O/c1-5-7-8-10-20(4)17(18-6-2)19-9-11-21-12-14-22(15-13-21)16(3)23/h5H,1,6-15H2,2-4H3,(H,18,19). The molecule has 132 valence electrons. The van der Waals surface area contributed by atoms with E-state index >= 15 is 0 Å². The minimum Gasteiger partial charge on any atom is -0.357 e. The van der Waals surface area contributed by atoms with Crippen LogP contribution >= 0.6 is 0 Å². The van der Waals surface area contributed by atoms with Crippen molar-refractivity contribution in [3.8, 4) is 0 Å². The maximum atomic E-state index is 11.3. The van der Waals surface area contributed by atoms with Gasteiger partial charge in [0.2, 0.25) is 5.91 Å². The molecule has 1 amide bonds. The van der Waals surface area contributed by atoms with E-state index in [1.54, 1.807) is 6.92 Å². The van der Waals surface area contributed by atoms with Gasteiger partial charge < -0.3 is 15.1 Å². The largest absolute Gasteiger partial charge is 0.357 e. The zero-order valence-electron chi connectivity index (χ0n) is 15.1. The fourth-order valence-electron chi connectivity index (χ4n) is 2.63. The first-order chi connectivity index (χ1) is 11.1. The second-order valence-corrected chi connectivity index (χ2v) is 5.94. The quantitative estimate of drug-likeness (QED) is 0.314. The molecule has 0 radical (unpaired) electrons. The highest BCUT2D eigenvalue weighted by molar-refractivity contribution is 5.79. The van der Waals surface area contributed by atoms with Crippen molar-refractivity contribution in [2.75, 3.05) is 59.4 Å². The zero-order chi connectivity index (χ0) is 17.1. The fourth-order valence-corrected chi connectivity index (χ4v) is 2.63. The van der Waals surface area contributed by atoms with Crippen molar-refractivity contribution in [1.82, 2.24) is 20.0 Å². The Morgan fingerprint density at radius 1 is 1.35 bits per heavy atom.